The highest BCUT2D eigenvalue weighted by Crippen LogP contribution is 2.39. The fourth-order valence-electron chi connectivity index (χ4n) is 4.00. The molecule has 0 spiro atoms. The van der Waals surface area contributed by atoms with Crippen molar-refractivity contribution in [1.82, 2.24) is 5.48 Å². The fourth-order valence-corrected chi connectivity index (χ4v) is 4.00. The zero-order chi connectivity index (χ0) is 22.9. The molecule has 1 amide bonds. The van der Waals surface area contributed by atoms with E-state index in [4.69, 9.17) is 14.2 Å². The smallest absolute Gasteiger partial charge is 0.275 e. The number of hydroxylamine groups is 1. The predicted molar refractivity (Wildman–Crippen MR) is 113 cm³/mol. The first-order valence-corrected chi connectivity index (χ1v) is 10.4. The first kappa shape index (κ1) is 22.0. The van der Waals surface area contributed by atoms with E-state index in [9.17, 15) is 19.2 Å². The van der Waals surface area contributed by atoms with Crippen LogP contribution in [-0.4, -0.2) is 55.4 Å². The topological polar surface area (TPSA) is 97.3 Å². The van der Waals surface area contributed by atoms with Crippen molar-refractivity contribution < 1.29 is 33.4 Å². The van der Waals surface area contributed by atoms with E-state index >= 15 is 0 Å². The van der Waals surface area contributed by atoms with Gasteiger partial charge < -0.3 is 19.1 Å². The van der Waals surface area contributed by atoms with Gasteiger partial charge in [-0.2, -0.15) is 0 Å². The molecule has 0 aromatic heterocycles. The second-order valence-corrected chi connectivity index (χ2v) is 8.21. The van der Waals surface area contributed by atoms with Gasteiger partial charge in [-0.3, -0.25) is 14.8 Å². The maximum absolute atomic E-state index is 13.8. The zero-order valence-corrected chi connectivity index (χ0v) is 17.9. The number of ketones is 1. The Bertz CT molecular complexity index is 1050. The van der Waals surface area contributed by atoms with Crippen molar-refractivity contribution in [2.75, 3.05) is 37.8 Å². The number of nitrogens with zero attached hydrogens (tertiary/aromatic N) is 1. The van der Waals surface area contributed by atoms with Crippen molar-refractivity contribution in [2.24, 2.45) is 0 Å². The second kappa shape index (κ2) is 8.76. The van der Waals surface area contributed by atoms with E-state index < -0.39 is 11.5 Å². The third kappa shape index (κ3) is 4.26. The highest BCUT2D eigenvalue weighted by Gasteiger charge is 2.40. The third-order valence-corrected chi connectivity index (χ3v) is 5.73. The number of hydrogen-bond acceptors (Lipinski definition) is 7. The summed E-state index contributed by atoms with van der Waals surface area (Å²) in [5, 5.41) is 9.20. The van der Waals surface area contributed by atoms with Crippen LogP contribution in [0.3, 0.4) is 0 Å². The number of amides is 1. The van der Waals surface area contributed by atoms with Gasteiger partial charge in [0, 0.05) is 30.4 Å². The van der Waals surface area contributed by atoms with Gasteiger partial charge in [0.15, 0.2) is 5.78 Å². The van der Waals surface area contributed by atoms with E-state index in [1.807, 2.05) is 4.90 Å². The lowest BCUT2D eigenvalue weighted by molar-refractivity contribution is 0.0184. The number of morpholine rings is 1. The Kier molecular flexibility index (Phi) is 6.03. The minimum absolute atomic E-state index is 0.00574. The van der Waals surface area contributed by atoms with Crippen molar-refractivity contribution in [3.05, 3.63) is 52.8 Å². The molecule has 32 heavy (non-hydrogen) atoms. The van der Waals surface area contributed by atoms with Crippen LogP contribution in [0.4, 0.5) is 10.1 Å². The molecule has 2 heterocycles. The summed E-state index contributed by atoms with van der Waals surface area (Å²) < 4.78 is 31.2. The SMILES string of the molecule is Cc1c(F)cccc1OCC1(C)CC(=O)c2c(cc(N3CCOCC3)cc2C(=O)NO)O1. The molecular weight excluding hydrogens is 419 g/mol. The molecule has 1 saturated heterocycles. The second-order valence-electron chi connectivity index (χ2n) is 8.21. The summed E-state index contributed by atoms with van der Waals surface area (Å²) >= 11 is 0. The first-order valence-electron chi connectivity index (χ1n) is 10.4. The van der Waals surface area contributed by atoms with E-state index in [1.54, 1.807) is 43.6 Å². The summed E-state index contributed by atoms with van der Waals surface area (Å²) in [5.74, 6) is -0.862. The molecule has 9 heteroatoms. The lowest BCUT2D eigenvalue weighted by Gasteiger charge is -2.36. The van der Waals surface area contributed by atoms with Crippen molar-refractivity contribution >= 4 is 17.4 Å². The molecule has 0 radical (unpaired) electrons. The van der Waals surface area contributed by atoms with Gasteiger partial charge in [0.05, 0.1) is 30.8 Å². The Balaban J connectivity index is 1.66. The van der Waals surface area contributed by atoms with Gasteiger partial charge in [-0.05, 0) is 32.0 Å². The van der Waals surface area contributed by atoms with Gasteiger partial charge in [0.1, 0.15) is 29.5 Å². The van der Waals surface area contributed by atoms with Crippen LogP contribution in [0, 0.1) is 12.7 Å². The molecule has 1 unspecified atom stereocenters. The summed E-state index contributed by atoms with van der Waals surface area (Å²) in [4.78, 5) is 27.4. The molecular formula is C23H25FN2O6. The minimum Gasteiger partial charge on any atom is -0.489 e. The molecule has 2 aliphatic rings. The van der Waals surface area contributed by atoms with Gasteiger partial charge in [-0.15, -0.1) is 0 Å². The van der Waals surface area contributed by atoms with Crippen molar-refractivity contribution in [3.63, 3.8) is 0 Å². The maximum Gasteiger partial charge on any atom is 0.275 e. The van der Waals surface area contributed by atoms with E-state index in [-0.39, 0.29) is 41.5 Å². The number of hydrogen-bond donors (Lipinski definition) is 2. The molecule has 0 aliphatic carbocycles. The van der Waals surface area contributed by atoms with Crippen LogP contribution in [0.15, 0.2) is 30.3 Å². The molecule has 8 nitrogen and oxygen atoms in total. The molecule has 2 aromatic carbocycles. The Labute approximate surface area is 184 Å². The van der Waals surface area contributed by atoms with Crippen molar-refractivity contribution in [3.8, 4) is 11.5 Å². The zero-order valence-electron chi connectivity index (χ0n) is 17.9. The molecule has 2 aromatic rings. The number of nitrogens with one attached hydrogen (secondary N) is 1. The van der Waals surface area contributed by atoms with Crippen LogP contribution in [0.25, 0.3) is 0 Å². The molecule has 170 valence electrons. The minimum atomic E-state index is -1.03. The predicted octanol–water partition coefficient (Wildman–Crippen LogP) is 2.89. The lowest BCUT2D eigenvalue weighted by Crippen LogP contribution is -2.45. The number of carbonyl (C=O) groups is 2. The fraction of sp³-hybridized carbons (Fsp3) is 0.391. The van der Waals surface area contributed by atoms with Crippen molar-refractivity contribution in [1.29, 1.82) is 0 Å². The van der Waals surface area contributed by atoms with E-state index in [1.165, 1.54) is 6.07 Å². The average Bonchev–Trinajstić information content (AvgIpc) is 2.79. The Morgan fingerprint density at radius 1 is 1.31 bits per heavy atom. The van der Waals surface area contributed by atoms with Gasteiger partial charge >= 0.3 is 0 Å². The molecule has 4 rings (SSSR count). The third-order valence-electron chi connectivity index (χ3n) is 5.73. The highest BCUT2D eigenvalue weighted by molar-refractivity contribution is 6.11. The highest BCUT2D eigenvalue weighted by atomic mass is 19.1. The quantitative estimate of drug-likeness (QED) is 0.541. The lowest BCUT2D eigenvalue weighted by atomic mass is 9.88. The van der Waals surface area contributed by atoms with Crippen LogP contribution in [0.1, 0.15) is 39.6 Å². The van der Waals surface area contributed by atoms with Crippen molar-refractivity contribution in [2.45, 2.75) is 25.9 Å². The number of fused-ring (bicyclic) bond motifs is 1. The van der Waals surface area contributed by atoms with Gasteiger partial charge in [-0.25, -0.2) is 9.87 Å². The van der Waals surface area contributed by atoms with Gasteiger partial charge in [0.25, 0.3) is 5.91 Å². The molecule has 0 bridgehead atoms. The molecule has 0 saturated carbocycles. The van der Waals surface area contributed by atoms with Crippen LogP contribution < -0.4 is 19.9 Å². The molecule has 2 N–H and O–H groups in total. The standard InChI is InChI=1S/C23H25FN2O6/c1-14-17(24)4-3-5-19(14)31-13-23(2)12-18(27)21-16(22(28)25-29)10-15(11-20(21)32-23)26-6-8-30-9-7-26/h3-5,10-11,29H,6-9,12-13H2,1-2H3,(H,25,28). The van der Waals surface area contributed by atoms with Gasteiger partial charge in [-0.1, -0.05) is 6.07 Å². The van der Waals surface area contributed by atoms with Crippen LogP contribution >= 0.6 is 0 Å². The Morgan fingerprint density at radius 2 is 2.06 bits per heavy atom. The summed E-state index contributed by atoms with van der Waals surface area (Å²) in [6.07, 6.45) is -0.0447. The number of Topliss-reactive ketones (excluding diaryl/α,β-unsaturated/α-hetero) is 1. The van der Waals surface area contributed by atoms with Gasteiger partial charge in [0.2, 0.25) is 0 Å². The number of benzene rings is 2. The number of carbonyl (C=O) groups excluding carboxylic acids is 2. The summed E-state index contributed by atoms with van der Waals surface area (Å²) in [7, 11) is 0. The largest absolute Gasteiger partial charge is 0.489 e. The number of anilines is 1. The number of halogens is 1. The molecule has 1 atom stereocenters. The molecule has 2 aliphatic heterocycles. The van der Waals surface area contributed by atoms with E-state index in [2.05, 4.69) is 0 Å². The van der Waals surface area contributed by atoms with E-state index in [0.717, 1.165) is 0 Å². The summed E-state index contributed by atoms with van der Waals surface area (Å²) in [6, 6.07) is 7.85. The Morgan fingerprint density at radius 3 is 2.78 bits per heavy atom. The Hall–Kier alpha value is -3.17. The number of rotatable bonds is 5. The summed E-state index contributed by atoms with van der Waals surface area (Å²) in [6.45, 7) is 5.66. The monoisotopic (exact) mass is 444 g/mol. The van der Waals surface area contributed by atoms with Crippen LogP contribution in [0.2, 0.25) is 0 Å². The maximum atomic E-state index is 13.8. The molecule has 1 fully saturated rings. The number of ether oxygens (including phenoxy) is 3. The van der Waals surface area contributed by atoms with Crippen LogP contribution in [-0.2, 0) is 4.74 Å². The van der Waals surface area contributed by atoms with Crippen LogP contribution in [0.5, 0.6) is 11.5 Å². The normalized spacial score (nSPS) is 20.4. The first-order chi connectivity index (χ1) is 15.3. The summed E-state index contributed by atoms with van der Waals surface area (Å²) in [5.41, 5.74) is 1.80. The van der Waals surface area contributed by atoms with E-state index in [0.29, 0.717) is 43.3 Å². The average molecular weight is 444 g/mol.